The van der Waals surface area contributed by atoms with Crippen LogP contribution in [0.4, 0.5) is 8.78 Å². The lowest BCUT2D eigenvalue weighted by Crippen LogP contribution is -2.54. The van der Waals surface area contributed by atoms with Crippen LogP contribution in [0.15, 0.2) is 42.5 Å². The number of nitrogens with zero attached hydrogens (tertiary/aromatic N) is 3. The maximum absolute atomic E-state index is 13.9. The van der Waals surface area contributed by atoms with Gasteiger partial charge in [-0.15, -0.1) is 11.3 Å². The number of amides is 2. The molecular formula is C21H20F2N4O2S. The van der Waals surface area contributed by atoms with E-state index < -0.39 is 23.6 Å². The maximum Gasteiger partial charge on any atom is 0.257 e. The molecule has 0 bridgehead atoms. The van der Waals surface area contributed by atoms with E-state index in [4.69, 9.17) is 5.73 Å². The van der Waals surface area contributed by atoms with E-state index in [-0.39, 0.29) is 37.6 Å². The number of carbonyl (C=O) groups is 2. The number of thiazole rings is 1. The van der Waals surface area contributed by atoms with Crippen LogP contribution in [0, 0.1) is 11.6 Å². The Hall–Kier alpha value is -2.91. The second kappa shape index (κ2) is 8.45. The molecule has 2 aromatic carbocycles. The Balaban J connectivity index is 1.35. The molecule has 1 unspecified atom stereocenters. The van der Waals surface area contributed by atoms with Gasteiger partial charge in [0.25, 0.3) is 5.91 Å². The van der Waals surface area contributed by atoms with E-state index in [0.29, 0.717) is 6.42 Å². The highest BCUT2D eigenvalue weighted by atomic mass is 32.1. The van der Waals surface area contributed by atoms with Gasteiger partial charge in [-0.25, -0.2) is 13.8 Å². The zero-order valence-electron chi connectivity index (χ0n) is 16.1. The molecular weight excluding hydrogens is 410 g/mol. The normalized spacial score (nSPS) is 15.4. The number of fused-ring (bicyclic) bond motifs is 1. The highest BCUT2D eigenvalue weighted by molar-refractivity contribution is 7.18. The summed E-state index contributed by atoms with van der Waals surface area (Å²) in [4.78, 5) is 32.8. The third kappa shape index (κ3) is 4.17. The van der Waals surface area contributed by atoms with Crippen LogP contribution in [0.2, 0.25) is 0 Å². The molecule has 1 aliphatic rings. The van der Waals surface area contributed by atoms with Gasteiger partial charge in [0.15, 0.2) is 0 Å². The summed E-state index contributed by atoms with van der Waals surface area (Å²) >= 11 is 1.51. The molecule has 1 fully saturated rings. The average Bonchev–Trinajstić information content (AvgIpc) is 3.16. The predicted octanol–water partition coefficient (Wildman–Crippen LogP) is 2.43. The summed E-state index contributed by atoms with van der Waals surface area (Å²) in [7, 11) is 0. The van der Waals surface area contributed by atoms with Crippen molar-refractivity contribution in [2.24, 2.45) is 5.73 Å². The minimum absolute atomic E-state index is 0.210. The molecule has 6 nitrogen and oxygen atoms in total. The molecule has 0 spiro atoms. The summed E-state index contributed by atoms with van der Waals surface area (Å²) in [6.45, 7) is 1.03. The lowest BCUT2D eigenvalue weighted by atomic mass is 10.1. The van der Waals surface area contributed by atoms with Crippen molar-refractivity contribution < 1.29 is 18.4 Å². The van der Waals surface area contributed by atoms with Crippen LogP contribution in [0.25, 0.3) is 10.2 Å². The molecule has 30 heavy (non-hydrogen) atoms. The van der Waals surface area contributed by atoms with E-state index in [9.17, 15) is 18.4 Å². The molecule has 2 N–H and O–H groups in total. The van der Waals surface area contributed by atoms with E-state index in [1.54, 1.807) is 4.90 Å². The quantitative estimate of drug-likeness (QED) is 0.690. The van der Waals surface area contributed by atoms with Gasteiger partial charge in [0.05, 0.1) is 26.8 Å². The van der Waals surface area contributed by atoms with E-state index in [0.717, 1.165) is 33.4 Å². The van der Waals surface area contributed by atoms with Crippen LogP contribution in [-0.2, 0) is 11.2 Å². The molecule has 0 saturated carbocycles. The molecule has 3 aromatic rings. The first kappa shape index (κ1) is 20.4. The first-order chi connectivity index (χ1) is 14.4. The van der Waals surface area contributed by atoms with Gasteiger partial charge in [-0.1, -0.05) is 12.1 Å². The lowest BCUT2D eigenvalue weighted by molar-refractivity contribution is -0.134. The summed E-state index contributed by atoms with van der Waals surface area (Å²) < 4.78 is 28.3. The number of hydrogen-bond donors (Lipinski definition) is 1. The van der Waals surface area contributed by atoms with Gasteiger partial charge in [0.1, 0.15) is 11.6 Å². The van der Waals surface area contributed by atoms with Crippen LogP contribution in [0.5, 0.6) is 0 Å². The van der Waals surface area contributed by atoms with Gasteiger partial charge in [0, 0.05) is 32.6 Å². The maximum atomic E-state index is 13.9. The summed E-state index contributed by atoms with van der Waals surface area (Å²) in [6.07, 6.45) is 0.339. The van der Waals surface area contributed by atoms with Gasteiger partial charge < -0.3 is 15.5 Å². The second-order valence-electron chi connectivity index (χ2n) is 7.13. The standard InChI is InChI=1S/C21H20F2N4O2S/c22-13-5-6-15(23)14(11-13)20(28)26-7-9-27(10-8-26)21(29)16(24)12-19-25-17-3-1-2-4-18(17)30-19/h1-6,11,16H,7-10,12,24H2. The zero-order chi connectivity index (χ0) is 21.3. The Bertz CT molecular complexity index is 1060. The number of piperazine rings is 1. The number of para-hydroxylation sites is 1. The molecule has 1 aromatic heterocycles. The van der Waals surface area contributed by atoms with Gasteiger partial charge in [0.2, 0.25) is 5.91 Å². The highest BCUT2D eigenvalue weighted by Gasteiger charge is 2.29. The van der Waals surface area contributed by atoms with Crippen LogP contribution in [0.3, 0.4) is 0 Å². The van der Waals surface area contributed by atoms with Crippen molar-refractivity contribution in [2.45, 2.75) is 12.5 Å². The monoisotopic (exact) mass is 430 g/mol. The lowest BCUT2D eigenvalue weighted by Gasteiger charge is -2.36. The van der Waals surface area contributed by atoms with Gasteiger partial charge in [-0.2, -0.15) is 0 Å². The predicted molar refractivity (Wildman–Crippen MR) is 110 cm³/mol. The fourth-order valence-electron chi connectivity index (χ4n) is 3.48. The minimum Gasteiger partial charge on any atom is -0.338 e. The van der Waals surface area contributed by atoms with Crippen molar-refractivity contribution in [1.29, 1.82) is 0 Å². The summed E-state index contributed by atoms with van der Waals surface area (Å²) in [5, 5.41) is 0.799. The van der Waals surface area contributed by atoms with E-state index in [1.807, 2.05) is 24.3 Å². The zero-order valence-corrected chi connectivity index (χ0v) is 16.9. The highest BCUT2D eigenvalue weighted by Crippen LogP contribution is 2.22. The summed E-state index contributed by atoms with van der Waals surface area (Å²) in [6, 6.07) is 9.80. The molecule has 1 saturated heterocycles. The van der Waals surface area contributed by atoms with Crippen molar-refractivity contribution in [1.82, 2.24) is 14.8 Å². The SMILES string of the molecule is NC(Cc1nc2ccccc2s1)C(=O)N1CCN(C(=O)c2cc(F)ccc2F)CC1. The number of hydrogen-bond acceptors (Lipinski definition) is 5. The molecule has 1 aliphatic heterocycles. The Morgan fingerprint density at radius 2 is 1.77 bits per heavy atom. The summed E-state index contributed by atoms with van der Waals surface area (Å²) in [5.74, 6) is -2.23. The van der Waals surface area contributed by atoms with Crippen molar-refractivity contribution in [3.63, 3.8) is 0 Å². The molecule has 1 atom stereocenters. The molecule has 2 heterocycles. The Labute approximate surface area is 175 Å². The Morgan fingerprint density at radius 3 is 2.50 bits per heavy atom. The van der Waals surface area contributed by atoms with E-state index >= 15 is 0 Å². The third-order valence-corrected chi connectivity index (χ3v) is 6.15. The molecule has 156 valence electrons. The molecule has 0 radical (unpaired) electrons. The first-order valence-electron chi connectivity index (χ1n) is 9.55. The second-order valence-corrected chi connectivity index (χ2v) is 8.24. The van der Waals surface area contributed by atoms with Crippen LogP contribution in [0.1, 0.15) is 15.4 Å². The van der Waals surface area contributed by atoms with Crippen LogP contribution >= 0.6 is 11.3 Å². The Kier molecular flexibility index (Phi) is 5.74. The van der Waals surface area contributed by atoms with Gasteiger partial charge in [-0.05, 0) is 30.3 Å². The topological polar surface area (TPSA) is 79.5 Å². The van der Waals surface area contributed by atoms with Crippen LogP contribution < -0.4 is 5.73 Å². The van der Waals surface area contributed by atoms with Crippen molar-refractivity contribution >= 4 is 33.4 Å². The number of carbonyl (C=O) groups excluding carboxylic acids is 2. The number of benzene rings is 2. The first-order valence-corrected chi connectivity index (χ1v) is 10.4. The van der Waals surface area contributed by atoms with Crippen LogP contribution in [-0.4, -0.2) is 58.8 Å². The molecule has 9 heteroatoms. The number of nitrogens with two attached hydrogens (primary N) is 1. The number of aromatic nitrogens is 1. The molecule has 0 aliphatic carbocycles. The fourth-order valence-corrected chi connectivity index (χ4v) is 4.50. The van der Waals surface area contributed by atoms with Gasteiger partial charge in [-0.3, -0.25) is 9.59 Å². The fraction of sp³-hybridized carbons (Fsp3) is 0.286. The van der Waals surface area contributed by atoms with Crippen molar-refractivity contribution in [3.05, 3.63) is 64.7 Å². The number of rotatable bonds is 4. The third-order valence-electron chi connectivity index (χ3n) is 5.09. The molecule has 4 rings (SSSR count). The largest absolute Gasteiger partial charge is 0.338 e. The van der Waals surface area contributed by atoms with E-state index in [2.05, 4.69) is 4.98 Å². The van der Waals surface area contributed by atoms with Crippen molar-refractivity contribution in [3.8, 4) is 0 Å². The molecule has 2 amide bonds. The minimum atomic E-state index is -0.766. The van der Waals surface area contributed by atoms with Crippen molar-refractivity contribution in [2.75, 3.05) is 26.2 Å². The van der Waals surface area contributed by atoms with E-state index in [1.165, 1.54) is 16.2 Å². The Morgan fingerprint density at radius 1 is 1.07 bits per heavy atom. The average molecular weight is 430 g/mol. The summed E-state index contributed by atoms with van der Waals surface area (Å²) in [5.41, 5.74) is 6.71. The smallest absolute Gasteiger partial charge is 0.257 e. The number of halogens is 2. The van der Waals surface area contributed by atoms with Gasteiger partial charge >= 0.3 is 0 Å².